The maximum Gasteiger partial charge on any atom is 0.226 e. The number of amides is 1. The number of nitrogens with zero attached hydrogens (tertiary/aromatic N) is 2. The minimum absolute atomic E-state index is 0.169. The third kappa shape index (κ3) is 5.00. The van der Waals surface area contributed by atoms with E-state index in [1.807, 2.05) is 37.4 Å². The van der Waals surface area contributed by atoms with E-state index in [0.717, 1.165) is 76.0 Å². The molecule has 3 saturated carbocycles. The molecular formula is C30H38FN3O2. The Morgan fingerprint density at radius 3 is 2.36 bits per heavy atom. The molecule has 0 spiro atoms. The van der Waals surface area contributed by atoms with Crippen molar-refractivity contribution in [3.05, 3.63) is 66.1 Å². The molecule has 36 heavy (non-hydrogen) atoms. The Balaban J connectivity index is 1.14. The number of nitrogens with one attached hydrogen (secondary N) is 1. The molecule has 2 aromatic rings. The lowest BCUT2D eigenvalue weighted by molar-refractivity contribution is -0.138. The quantitative estimate of drug-likeness (QED) is 0.485. The monoisotopic (exact) mass is 491 g/mol. The van der Waals surface area contributed by atoms with Crippen molar-refractivity contribution in [2.75, 3.05) is 24.6 Å². The Morgan fingerprint density at radius 2 is 1.78 bits per heavy atom. The lowest BCUT2D eigenvalue weighted by Gasteiger charge is -2.53. The summed E-state index contributed by atoms with van der Waals surface area (Å²) in [6, 6.07) is 14.7. The summed E-state index contributed by atoms with van der Waals surface area (Å²) >= 11 is 0. The first kappa shape index (κ1) is 24.8. The molecule has 1 aromatic heterocycles. The molecule has 2 heterocycles. The normalized spacial score (nSPS) is 26.6. The van der Waals surface area contributed by atoms with Crippen LogP contribution < -0.4 is 15.0 Å². The SMILES string of the molecule is CC/C(=C\F)COc1ccc(C23CCC(C(=O)NC4CCN(c5ccccn5)CC4)(CC2)CC3)cc1. The second kappa shape index (κ2) is 10.6. The average molecular weight is 492 g/mol. The van der Waals surface area contributed by atoms with Crippen molar-refractivity contribution in [1.82, 2.24) is 10.3 Å². The van der Waals surface area contributed by atoms with Crippen LogP contribution in [0.1, 0.15) is 70.3 Å². The largest absolute Gasteiger partial charge is 0.489 e. The number of piperidine rings is 1. The number of rotatable bonds is 8. The number of carbonyl (C=O) groups excluding carboxylic acids is 1. The van der Waals surface area contributed by atoms with Gasteiger partial charge < -0.3 is 15.0 Å². The van der Waals surface area contributed by atoms with Gasteiger partial charge in [0, 0.05) is 30.7 Å². The van der Waals surface area contributed by atoms with Gasteiger partial charge in [0.1, 0.15) is 18.2 Å². The van der Waals surface area contributed by atoms with Gasteiger partial charge >= 0.3 is 0 Å². The summed E-state index contributed by atoms with van der Waals surface area (Å²) in [5.74, 6) is 2.08. The van der Waals surface area contributed by atoms with Crippen LogP contribution in [0, 0.1) is 5.41 Å². The first-order valence-corrected chi connectivity index (χ1v) is 13.5. The van der Waals surface area contributed by atoms with Gasteiger partial charge in [0.25, 0.3) is 0 Å². The summed E-state index contributed by atoms with van der Waals surface area (Å²) in [6.07, 6.45) is 11.1. The zero-order chi connectivity index (χ0) is 25.0. The summed E-state index contributed by atoms with van der Waals surface area (Å²) in [5.41, 5.74) is 1.98. The number of benzene rings is 1. The van der Waals surface area contributed by atoms with Crippen molar-refractivity contribution >= 4 is 11.7 Å². The minimum atomic E-state index is -0.196. The summed E-state index contributed by atoms with van der Waals surface area (Å²) in [5, 5.41) is 3.44. The number of ether oxygens (including phenoxy) is 1. The van der Waals surface area contributed by atoms with Crippen molar-refractivity contribution in [3.63, 3.8) is 0 Å². The average Bonchev–Trinajstić information content (AvgIpc) is 2.96. The number of pyridine rings is 1. The molecule has 0 radical (unpaired) electrons. The van der Waals surface area contributed by atoms with Gasteiger partial charge in [-0.05, 0) is 98.6 Å². The number of halogens is 1. The molecule has 1 aromatic carbocycles. The van der Waals surface area contributed by atoms with E-state index in [9.17, 15) is 9.18 Å². The number of carbonyl (C=O) groups is 1. The molecule has 2 bridgehead atoms. The highest BCUT2D eigenvalue weighted by Crippen LogP contribution is 2.58. The third-order valence-corrected chi connectivity index (χ3v) is 9.03. The molecule has 1 saturated heterocycles. The number of aromatic nitrogens is 1. The Bertz CT molecular complexity index is 1040. The topological polar surface area (TPSA) is 54.5 Å². The van der Waals surface area contributed by atoms with Crippen molar-refractivity contribution in [1.29, 1.82) is 0 Å². The molecule has 5 nitrogen and oxygen atoms in total. The van der Waals surface area contributed by atoms with E-state index in [0.29, 0.717) is 18.3 Å². The molecule has 3 aliphatic carbocycles. The van der Waals surface area contributed by atoms with E-state index >= 15 is 0 Å². The molecule has 4 fully saturated rings. The molecule has 192 valence electrons. The highest BCUT2D eigenvalue weighted by Gasteiger charge is 2.53. The molecule has 6 heteroatoms. The van der Waals surface area contributed by atoms with E-state index in [1.165, 1.54) is 5.56 Å². The molecule has 1 N–H and O–H groups in total. The van der Waals surface area contributed by atoms with Crippen LogP contribution in [0.25, 0.3) is 0 Å². The fourth-order valence-electron chi connectivity index (χ4n) is 6.38. The number of hydrogen-bond acceptors (Lipinski definition) is 4. The highest BCUT2D eigenvalue weighted by atomic mass is 19.1. The zero-order valence-electron chi connectivity index (χ0n) is 21.3. The minimum Gasteiger partial charge on any atom is -0.489 e. The van der Waals surface area contributed by atoms with Crippen molar-refractivity contribution in [2.45, 2.75) is 76.2 Å². The van der Waals surface area contributed by atoms with E-state index in [2.05, 4.69) is 33.4 Å². The zero-order valence-corrected chi connectivity index (χ0v) is 21.3. The van der Waals surface area contributed by atoms with Crippen molar-refractivity contribution in [2.24, 2.45) is 5.41 Å². The van der Waals surface area contributed by atoms with Crippen molar-refractivity contribution < 1.29 is 13.9 Å². The van der Waals surface area contributed by atoms with Crippen LogP contribution >= 0.6 is 0 Å². The summed E-state index contributed by atoms with van der Waals surface area (Å²) in [7, 11) is 0. The lowest BCUT2D eigenvalue weighted by Crippen LogP contribution is -2.55. The number of anilines is 1. The first-order valence-electron chi connectivity index (χ1n) is 13.5. The highest BCUT2D eigenvalue weighted by molar-refractivity contribution is 5.83. The molecular weight excluding hydrogens is 453 g/mol. The van der Waals surface area contributed by atoms with E-state index in [-0.39, 0.29) is 29.4 Å². The van der Waals surface area contributed by atoms with Crippen LogP contribution in [0.5, 0.6) is 5.75 Å². The Hall–Kier alpha value is -2.89. The summed E-state index contributed by atoms with van der Waals surface area (Å²) < 4.78 is 18.5. The second-order valence-corrected chi connectivity index (χ2v) is 10.9. The summed E-state index contributed by atoms with van der Waals surface area (Å²) in [4.78, 5) is 20.3. The fourth-order valence-corrected chi connectivity index (χ4v) is 6.38. The Labute approximate surface area is 214 Å². The first-order chi connectivity index (χ1) is 17.6. The lowest BCUT2D eigenvalue weighted by atomic mass is 9.51. The smallest absolute Gasteiger partial charge is 0.226 e. The molecule has 1 aliphatic heterocycles. The van der Waals surface area contributed by atoms with Gasteiger partial charge in [-0.1, -0.05) is 25.1 Å². The summed E-state index contributed by atoms with van der Waals surface area (Å²) in [6.45, 7) is 4.08. The molecule has 1 amide bonds. The van der Waals surface area contributed by atoms with E-state index < -0.39 is 0 Å². The maximum absolute atomic E-state index is 13.5. The number of hydrogen-bond donors (Lipinski definition) is 1. The predicted octanol–water partition coefficient (Wildman–Crippen LogP) is 6.10. The van der Waals surface area contributed by atoms with E-state index in [4.69, 9.17) is 4.74 Å². The van der Waals surface area contributed by atoms with Crippen LogP contribution in [0.4, 0.5) is 10.2 Å². The second-order valence-electron chi connectivity index (χ2n) is 10.9. The predicted molar refractivity (Wildman–Crippen MR) is 141 cm³/mol. The van der Waals surface area contributed by atoms with Crippen LogP contribution in [-0.4, -0.2) is 36.6 Å². The maximum atomic E-state index is 13.5. The van der Waals surface area contributed by atoms with Gasteiger partial charge in [-0.15, -0.1) is 0 Å². The van der Waals surface area contributed by atoms with Crippen LogP contribution in [-0.2, 0) is 10.2 Å². The number of fused-ring (bicyclic) bond motifs is 3. The molecule has 0 unspecified atom stereocenters. The molecule has 6 rings (SSSR count). The van der Waals surface area contributed by atoms with Crippen molar-refractivity contribution in [3.8, 4) is 5.75 Å². The third-order valence-electron chi connectivity index (χ3n) is 9.03. The standard InChI is InChI=1S/C30H38FN3O2/c1-2-23(21-31)22-36-26-8-6-24(7-9-26)29-12-15-30(16-13-29,17-14-29)28(35)33-25-10-19-34(20-11-25)27-5-3-4-18-32-27/h3-9,18,21,25H,2,10-17,19-20,22H2,1H3,(H,33,35)/b23-21+. The van der Waals surface area contributed by atoms with Gasteiger partial charge in [-0.2, -0.15) is 0 Å². The van der Waals surface area contributed by atoms with Crippen LogP contribution in [0.15, 0.2) is 60.6 Å². The van der Waals surface area contributed by atoms with Gasteiger partial charge in [-0.25, -0.2) is 9.37 Å². The molecule has 0 atom stereocenters. The van der Waals surface area contributed by atoms with Gasteiger partial charge in [0.05, 0.1) is 6.33 Å². The van der Waals surface area contributed by atoms with Gasteiger partial charge in [-0.3, -0.25) is 4.79 Å². The fraction of sp³-hybridized carbons (Fsp3) is 0.533. The Kier molecular flexibility index (Phi) is 7.31. The van der Waals surface area contributed by atoms with Gasteiger partial charge in [0.2, 0.25) is 5.91 Å². The Morgan fingerprint density at radius 1 is 1.08 bits per heavy atom. The van der Waals surface area contributed by atoms with Crippen LogP contribution in [0.3, 0.4) is 0 Å². The van der Waals surface area contributed by atoms with E-state index in [1.54, 1.807) is 0 Å². The van der Waals surface area contributed by atoms with Gasteiger partial charge in [0.15, 0.2) is 0 Å². The van der Waals surface area contributed by atoms with Crippen LogP contribution in [0.2, 0.25) is 0 Å². The molecule has 4 aliphatic rings.